The average molecular weight is 178 g/mol. The number of rotatable bonds is 2. The fraction of sp³-hybridized carbons (Fsp3) is 0.875. The van der Waals surface area contributed by atoms with E-state index >= 15 is 0 Å². The smallest absolute Gasteiger partial charge is 0.131 e. The van der Waals surface area contributed by atoms with Crippen LogP contribution in [0.1, 0.15) is 26.2 Å². The van der Waals surface area contributed by atoms with Gasteiger partial charge in [-0.05, 0) is 33.4 Å². The van der Waals surface area contributed by atoms with E-state index in [0.29, 0.717) is 11.8 Å². The molecule has 1 fully saturated rings. The van der Waals surface area contributed by atoms with Gasteiger partial charge in [0.25, 0.3) is 0 Å². The lowest BCUT2D eigenvalue weighted by Gasteiger charge is -2.17. The van der Waals surface area contributed by atoms with Crippen molar-refractivity contribution >= 4 is 18.2 Å². The molecular formula is C8H16ClNO. The van der Waals surface area contributed by atoms with E-state index in [0.717, 1.165) is 13.0 Å². The summed E-state index contributed by atoms with van der Waals surface area (Å²) in [5.41, 5.74) is 0. The molecule has 0 bridgehead atoms. The minimum absolute atomic E-state index is 0. The van der Waals surface area contributed by atoms with Crippen LogP contribution >= 0.6 is 12.4 Å². The number of ketones is 1. The average Bonchev–Trinajstić information content (AvgIpc) is 2.15. The molecule has 1 rings (SSSR count). The summed E-state index contributed by atoms with van der Waals surface area (Å²) in [5.74, 6) is 0.318. The van der Waals surface area contributed by atoms with Crippen molar-refractivity contribution in [1.29, 1.82) is 0 Å². The van der Waals surface area contributed by atoms with Crippen molar-refractivity contribution in [2.75, 3.05) is 13.6 Å². The summed E-state index contributed by atoms with van der Waals surface area (Å²) in [6, 6.07) is 0.539. The molecule has 0 unspecified atom stereocenters. The fourth-order valence-electron chi connectivity index (χ4n) is 1.57. The van der Waals surface area contributed by atoms with Gasteiger partial charge in [-0.15, -0.1) is 12.4 Å². The quantitative estimate of drug-likeness (QED) is 0.637. The molecule has 0 aromatic rings. The largest absolute Gasteiger partial charge is 0.303 e. The van der Waals surface area contributed by atoms with Crippen molar-refractivity contribution < 1.29 is 4.79 Å². The van der Waals surface area contributed by atoms with Gasteiger partial charge in [0.15, 0.2) is 0 Å². The van der Waals surface area contributed by atoms with Crippen LogP contribution in [0.3, 0.4) is 0 Å². The molecule has 1 saturated heterocycles. The minimum atomic E-state index is 0. The number of carbonyl (C=O) groups excluding carboxylic acids is 1. The Morgan fingerprint density at radius 1 is 1.64 bits per heavy atom. The normalized spacial score (nSPS) is 24.7. The van der Waals surface area contributed by atoms with Gasteiger partial charge in [-0.25, -0.2) is 0 Å². The van der Waals surface area contributed by atoms with E-state index in [1.165, 1.54) is 12.8 Å². The van der Waals surface area contributed by atoms with Gasteiger partial charge < -0.3 is 4.90 Å². The van der Waals surface area contributed by atoms with Crippen molar-refractivity contribution in [3.63, 3.8) is 0 Å². The Morgan fingerprint density at radius 3 is 2.64 bits per heavy atom. The van der Waals surface area contributed by atoms with E-state index in [4.69, 9.17) is 0 Å². The van der Waals surface area contributed by atoms with E-state index in [9.17, 15) is 4.79 Å². The number of Topliss-reactive ketones (excluding diaryl/α,β-unsaturated/α-hetero) is 1. The van der Waals surface area contributed by atoms with Gasteiger partial charge in [0.2, 0.25) is 0 Å². The number of likely N-dealkylation sites (tertiary alicyclic amines) is 1. The first-order valence-corrected chi connectivity index (χ1v) is 3.90. The molecule has 0 aromatic carbocycles. The monoisotopic (exact) mass is 177 g/mol. The number of carbonyl (C=O) groups is 1. The Kier molecular flexibility index (Phi) is 4.69. The molecule has 11 heavy (non-hydrogen) atoms. The highest BCUT2D eigenvalue weighted by molar-refractivity contribution is 5.85. The molecule has 0 aliphatic carbocycles. The first-order valence-electron chi connectivity index (χ1n) is 3.90. The number of nitrogens with zero attached hydrogens (tertiary/aromatic N) is 1. The highest BCUT2D eigenvalue weighted by atomic mass is 35.5. The van der Waals surface area contributed by atoms with Crippen LogP contribution in [0, 0.1) is 0 Å². The van der Waals surface area contributed by atoms with Crippen molar-refractivity contribution in [2.24, 2.45) is 0 Å². The summed E-state index contributed by atoms with van der Waals surface area (Å²) >= 11 is 0. The molecule has 3 heteroatoms. The lowest BCUT2D eigenvalue weighted by Crippen LogP contribution is -2.26. The standard InChI is InChI=1S/C8H15NO.ClH/c1-7(10)6-8-4-3-5-9(8)2;/h8H,3-6H2,1-2H3;1H/t8-;/m1./s1. The number of hydrogen-bond acceptors (Lipinski definition) is 2. The first kappa shape index (κ1) is 10.9. The van der Waals surface area contributed by atoms with Crippen LogP contribution < -0.4 is 0 Å². The first-order chi connectivity index (χ1) is 4.70. The zero-order valence-corrected chi connectivity index (χ0v) is 7.99. The van der Waals surface area contributed by atoms with E-state index < -0.39 is 0 Å². The van der Waals surface area contributed by atoms with Crippen LogP contribution in [-0.4, -0.2) is 30.3 Å². The maximum absolute atomic E-state index is 10.7. The summed E-state index contributed by atoms with van der Waals surface area (Å²) in [7, 11) is 2.10. The predicted molar refractivity (Wildman–Crippen MR) is 48.2 cm³/mol. The van der Waals surface area contributed by atoms with Crippen LogP contribution in [-0.2, 0) is 4.79 Å². The zero-order chi connectivity index (χ0) is 7.56. The van der Waals surface area contributed by atoms with Crippen LogP contribution in [0.5, 0.6) is 0 Å². The van der Waals surface area contributed by atoms with Gasteiger partial charge in [-0.1, -0.05) is 0 Å². The minimum Gasteiger partial charge on any atom is -0.303 e. The van der Waals surface area contributed by atoms with Gasteiger partial charge in [0, 0.05) is 12.5 Å². The Morgan fingerprint density at radius 2 is 2.27 bits per heavy atom. The summed E-state index contributed by atoms with van der Waals surface area (Å²) in [4.78, 5) is 13.0. The molecule has 0 aromatic heterocycles. The van der Waals surface area contributed by atoms with Gasteiger partial charge >= 0.3 is 0 Å². The SMILES string of the molecule is CC(=O)C[C@H]1CCCN1C.Cl. The van der Waals surface area contributed by atoms with Crippen molar-refractivity contribution in [3.8, 4) is 0 Å². The van der Waals surface area contributed by atoms with Gasteiger partial charge in [0.1, 0.15) is 5.78 Å². The molecule has 0 N–H and O–H groups in total. The van der Waals surface area contributed by atoms with Gasteiger partial charge in [-0.2, -0.15) is 0 Å². The zero-order valence-electron chi connectivity index (χ0n) is 7.17. The summed E-state index contributed by atoms with van der Waals surface area (Å²) in [5, 5.41) is 0. The van der Waals surface area contributed by atoms with Crippen molar-refractivity contribution in [3.05, 3.63) is 0 Å². The summed E-state index contributed by atoms with van der Waals surface area (Å²) in [6.07, 6.45) is 3.21. The van der Waals surface area contributed by atoms with Crippen LogP contribution in [0.15, 0.2) is 0 Å². The number of hydrogen-bond donors (Lipinski definition) is 0. The molecule has 1 atom stereocenters. The van der Waals surface area contributed by atoms with Crippen molar-refractivity contribution in [2.45, 2.75) is 32.2 Å². The molecule has 0 radical (unpaired) electrons. The molecule has 0 saturated carbocycles. The third-order valence-corrected chi connectivity index (χ3v) is 2.19. The second kappa shape index (κ2) is 4.73. The Balaban J connectivity index is 0.000001000. The maximum atomic E-state index is 10.7. The fourth-order valence-corrected chi connectivity index (χ4v) is 1.57. The predicted octanol–water partition coefficient (Wildman–Crippen LogP) is 1.48. The Bertz CT molecular complexity index is 138. The molecule has 2 nitrogen and oxygen atoms in total. The summed E-state index contributed by atoms with van der Waals surface area (Å²) < 4.78 is 0. The molecule has 0 amide bonds. The third kappa shape index (κ3) is 3.21. The van der Waals surface area contributed by atoms with E-state index in [-0.39, 0.29) is 12.4 Å². The van der Waals surface area contributed by atoms with E-state index in [2.05, 4.69) is 11.9 Å². The van der Waals surface area contributed by atoms with E-state index in [1.54, 1.807) is 6.92 Å². The van der Waals surface area contributed by atoms with Gasteiger partial charge in [-0.3, -0.25) is 4.79 Å². The van der Waals surface area contributed by atoms with E-state index in [1.807, 2.05) is 0 Å². The molecule has 66 valence electrons. The van der Waals surface area contributed by atoms with Crippen LogP contribution in [0.4, 0.5) is 0 Å². The lowest BCUT2D eigenvalue weighted by molar-refractivity contribution is -0.117. The lowest BCUT2D eigenvalue weighted by atomic mass is 10.1. The second-order valence-corrected chi connectivity index (χ2v) is 3.18. The third-order valence-electron chi connectivity index (χ3n) is 2.19. The molecule has 0 spiro atoms. The molecule has 1 aliphatic heterocycles. The molecular weight excluding hydrogens is 162 g/mol. The second-order valence-electron chi connectivity index (χ2n) is 3.18. The van der Waals surface area contributed by atoms with Gasteiger partial charge in [0.05, 0.1) is 0 Å². The molecule has 1 aliphatic rings. The Hall–Kier alpha value is -0.0800. The van der Waals surface area contributed by atoms with Crippen molar-refractivity contribution in [1.82, 2.24) is 4.90 Å². The van der Waals surface area contributed by atoms with Crippen LogP contribution in [0.2, 0.25) is 0 Å². The Labute approximate surface area is 74.4 Å². The number of halogens is 1. The molecule has 1 heterocycles. The highest BCUT2D eigenvalue weighted by Gasteiger charge is 2.21. The highest BCUT2D eigenvalue weighted by Crippen LogP contribution is 2.17. The summed E-state index contributed by atoms with van der Waals surface area (Å²) in [6.45, 7) is 2.84. The maximum Gasteiger partial charge on any atom is 0.131 e. The topological polar surface area (TPSA) is 20.3 Å². The van der Waals surface area contributed by atoms with Crippen LogP contribution in [0.25, 0.3) is 0 Å².